The van der Waals surface area contributed by atoms with Crippen LogP contribution in [0.1, 0.15) is 30.4 Å². The van der Waals surface area contributed by atoms with E-state index < -0.39 is 0 Å². The lowest BCUT2D eigenvalue weighted by atomic mass is 10.2. The molecule has 5 nitrogen and oxygen atoms in total. The smallest absolute Gasteiger partial charge is 0.317 e. The first-order chi connectivity index (χ1) is 13.5. The van der Waals surface area contributed by atoms with Crippen LogP contribution in [0, 0.1) is 0 Å². The zero-order valence-corrected chi connectivity index (χ0v) is 17.7. The van der Waals surface area contributed by atoms with Crippen molar-refractivity contribution in [2.75, 3.05) is 13.6 Å². The van der Waals surface area contributed by atoms with Crippen molar-refractivity contribution >= 4 is 27.9 Å². The number of carbonyl (C=O) groups is 2. The number of carbonyl (C=O) groups excluding carboxylic acids is 2. The van der Waals surface area contributed by atoms with Gasteiger partial charge in [0.25, 0.3) is 0 Å². The highest BCUT2D eigenvalue weighted by Gasteiger charge is 2.32. The number of urea groups is 1. The number of hydrogen-bond acceptors (Lipinski definition) is 2. The van der Waals surface area contributed by atoms with E-state index in [9.17, 15) is 9.59 Å². The molecule has 1 saturated carbocycles. The fraction of sp³-hybridized carbons (Fsp3) is 0.364. The van der Waals surface area contributed by atoms with Crippen LogP contribution >= 0.6 is 15.9 Å². The average Bonchev–Trinajstić information content (AvgIpc) is 3.52. The molecule has 148 valence electrons. The Morgan fingerprint density at radius 3 is 2.43 bits per heavy atom. The highest BCUT2D eigenvalue weighted by atomic mass is 79.9. The summed E-state index contributed by atoms with van der Waals surface area (Å²) in [7, 11) is 1.76. The largest absolute Gasteiger partial charge is 0.337 e. The van der Waals surface area contributed by atoms with Gasteiger partial charge in [0, 0.05) is 43.6 Å². The maximum Gasteiger partial charge on any atom is 0.317 e. The molecule has 3 rings (SSSR count). The molecule has 1 aliphatic carbocycles. The fourth-order valence-corrected chi connectivity index (χ4v) is 3.57. The third-order valence-electron chi connectivity index (χ3n) is 4.77. The molecule has 0 unspecified atom stereocenters. The van der Waals surface area contributed by atoms with E-state index in [2.05, 4.69) is 21.2 Å². The van der Waals surface area contributed by atoms with Gasteiger partial charge in [0.05, 0.1) is 0 Å². The topological polar surface area (TPSA) is 52.7 Å². The minimum Gasteiger partial charge on any atom is -0.337 e. The molecule has 28 heavy (non-hydrogen) atoms. The van der Waals surface area contributed by atoms with Crippen LogP contribution in [-0.2, 0) is 17.9 Å². The van der Waals surface area contributed by atoms with Crippen molar-refractivity contribution in [3.8, 4) is 0 Å². The van der Waals surface area contributed by atoms with Gasteiger partial charge in [-0.25, -0.2) is 4.79 Å². The summed E-state index contributed by atoms with van der Waals surface area (Å²) in [5.41, 5.74) is 2.19. The normalized spacial score (nSPS) is 13.1. The number of rotatable bonds is 8. The molecule has 0 saturated heterocycles. The van der Waals surface area contributed by atoms with Crippen LogP contribution in [0.25, 0.3) is 0 Å². The average molecular weight is 444 g/mol. The summed E-state index contributed by atoms with van der Waals surface area (Å²) in [5, 5.41) is 2.85. The molecule has 3 amide bonds. The maximum atomic E-state index is 12.7. The molecule has 1 aliphatic rings. The monoisotopic (exact) mass is 443 g/mol. The van der Waals surface area contributed by atoms with Gasteiger partial charge in [-0.2, -0.15) is 0 Å². The van der Waals surface area contributed by atoms with Crippen LogP contribution in [-0.4, -0.2) is 41.4 Å². The minimum absolute atomic E-state index is 0.0912. The molecule has 0 aliphatic heterocycles. The number of nitrogens with zero attached hydrogens (tertiary/aromatic N) is 2. The molecule has 0 aromatic heterocycles. The molecule has 0 atom stereocenters. The molecule has 0 bridgehead atoms. The molecule has 1 N–H and O–H groups in total. The second-order valence-electron chi connectivity index (χ2n) is 7.21. The zero-order valence-electron chi connectivity index (χ0n) is 16.1. The summed E-state index contributed by atoms with van der Waals surface area (Å²) in [6, 6.07) is 18.1. The van der Waals surface area contributed by atoms with Crippen molar-refractivity contribution < 1.29 is 9.59 Å². The van der Waals surface area contributed by atoms with E-state index in [-0.39, 0.29) is 11.9 Å². The summed E-state index contributed by atoms with van der Waals surface area (Å²) in [5.74, 6) is 0.0912. The lowest BCUT2D eigenvalue weighted by molar-refractivity contribution is -0.132. The van der Waals surface area contributed by atoms with Crippen molar-refractivity contribution in [1.29, 1.82) is 0 Å². The summed E-state index contributed by atoms with van der Waals surface area (Å²) >= 11 is 3.48. The van der Waals surface area contributed by atoms with Crippen molar-refractivity contribution in [2.45, 2.75) is 38.4 Å². The molecule has 0 spiro atoms. The van der Waals surface area contributed by atoms with Gasteiger partial charge in [-0.1, -0.05) is 58.4 Å². The Morgan fingerprint density at radius 2 is 1.75 bits per heavy atom. The van der Waals surface area contributed by atoms with E-state index in [0.29, 0.717) is 32.1 Å². The second kappa shape index (κ2) is 9.73. The lowest BCUT2D eigenvalue weighted by Crippen LogP contribution is -2.40. The third-order valence-corrected chi connectivity index (χ3v) is 5.27. The van der Waals surface area contributed by atoms with E-state index >= 15 is 0 Å². The van der Waals surface area contributed by atoms with Crippen molar-refractivity contribution in [3.63, 3.8) is 0 Å². The number of hydrogen-bond donors (Lipinski definition) is 1. The van der Waals surface area contributed by atoms with Crippen LogP contribution in [0.3, 0.4) is 0 Å². The van der Waals surface area contributed by atoms with Gasteiger partial charge in [-0.3, -0.25) is 4.79 Å². The molecular weight excluding hydrogens is 418 g/mol. The first kappa shape index (κ1) is 20.4. The number of amides is 3. The van der Waals surface area contributed by atoms with Crippen LogP contribution in [0.5, 0.6) is 0 Å². The summed E-state index contributed by atoms with van der Waals surface area (Å²) in [6.07, 6.45) is 2.44. The highest BCUT2D eigenvalue weighted by Crippen LogP contribution is 2.29. The first-order valence-electron chi connectivity index (χ1n) is 9.60. The van der Waals surface area contributed by atoms with E-state index in [4.69, 9.17) is 0 Å². The Balaban J connectivity index is 1.46. The zero-order chi connectivity index (χ0) is 19.9. The van der Waals surface area contributed by atoms with Crippen LogP contribution in [0.4, 0.5) is 4.79 Å². The third kappa shape index (κ3) is 6.09. The van der Waals surface area contributed by atoms with Crippen molar-refractivity contribution in [1.82, 2.24) is 15.1 Å². The molecule has 0 heterocycles. The van der Waals surface area contributed by atoms with Gasteiger partial charge in [-0.15, -0.1) is 0 Å². The second-order valence-corrected chi connectivity index (χ2v) is 8.12. The Kier molecular flexibility index (Phi) is 7.09. The molecule has 6 heteroatoms. The number of nitrogens with one attached hydrogen (secondary N) is 1. The number of benzene rings is 2. The Bertz CT molecular complexity index is 808. The maximum absolute atomic E-state index is 12.7. The summed E-state index contributed by atoms with van der Waals surface area (Å²) in [6.45, 7) is 1.50. The molecule has 1 fully saturated rings. The van der Waals surface area contributed by atoms with E-state index in [0.717, 1.165) is 28.4 Å². The predicted octanol–water partition coefficient (Wildman–Crippen LogP) is 4.17. The SMILES string of the molecule is CN(Cc1ccccc1)C(=O)NCCC(=O)N(Cc1cccc(Br)c1)C1CC1. The summed E-state index contributed by atoms with van der Waals surface area (Å²) in [4.78, 5) is 28.5. The molecule has 2 aromatic rings. The van der Waals surface area contributed by atoms with Crippen LogP contribution in [0.15, 0.2) is 59.1 Å². The van der Waals surface area contributed by atoms with Crippen molar-refractivity contribution in [2.24, 2.45) is 0 Å². The minimum atomic E-state index is -0.165. The van der Waals surface area contributed by atoms with Gasteiger partial charge >= 0.3 is 6.03 Å². The van der Waals surface area contributed by atoms with Gasteiger partial charge in [0.2, 0.25) is 5.91 Å². The fourth-order valence-electron chi connectivity index (χ4n) is 3.12. The molecular formula is C22H26BrN3O2. The first-order valence-corrected chi connectivity index (χ1v) is 10.4. The van der Waals surface area contributed by atoms with E-state index in [1.807, 2.05) is 59.5 Å². The van der Waals surface area contributed by atoms with Crippen LogP contribution in [0.2, 0.25) is 0 Å². The number of halogens is 1. The lowest BCUT2D eigenvalue weighted by Gasteiger charge is -2.23. The van der Waals surface area contributed by atoms with Gasteiger partial charge in [-0.05, 0) is 36.1 Å². The van der Waals surface area contributed by atoms with Crippen molar-refractivity contribution in [3.05, 3.63) is 70.2 Å². The van der Waals surface area contributed by atoms with E-state index in [1.54, 1.807) is 11.9 Å². The molecule has 0 radical (unpaired) electrons. The predicted molar refractivity (Wildman–Crippen MR) is 114 cm³/mol. The standard InChI is InChI=1S/C22H26BrN3O2/c1-25(15-17-6-3-2-4-7-17)22(28)24-13-12-21(27)26(20-10-11-20)16-18-8-5-9-19(23)14-18/h2-9,14,20H,10-13,15-16H2,1H3,(H,24,28). The van der Waals surface area contributed by atoms with Crippen LogP contribution < -0.4 is 5.32 Å². The van der Waals surface area contributed by atoms with Gasteiger partial charge < -0.3 is 15.1 Å². The highest BCUT2D eigenvalue weighted by molar-refractivity contribution is 9.10. The van der Waals surface area contributed by atoms with Gasteiger partial charge in [0.15, 0.2) is 0 Å². The quantitative estimate of drug-likeness (QED) is 0.665. The Labute approximate surface area is 174 Å². The Morgan fingerprint density at radius 1 is 1.04 bits per heavy atom. The summed E-state index contributed by atoms with van der Waals surface area (Å²) < 4.78 is 1.02. The van der Waals surface area contributed by atoms with E-state index in [1.165, 1.54) is 0 Å². The van der Waals surface area contributed by atoms with Gasteiger partial charge in [0.1, 0.15) is 0 Å². The molecule has 2 aromatic carbocycles. The Hall–Kier alpha value is -2.34.